The van der Waals surface area contributed by atoms with E-state index in [-0.39, 0.29) is 6.04 Å². The van der Waals surface area contributed by atoms with Gasteiger partial charge in [0.25, 0.3) is 0 Å². The van der Waals surface area contributed by atoms with E-state index in [2.05, 4.69) is 4.57 Å². The van der Waals surface area contributed by atoms with Crippen molar-refractivity contribution in [3.8, 4) is 6.07 Å². The molecule has 2 heterocycles. The molecule has 0 saturated heterocycles. The van der Waals surface area contributed by atoms with Crippen molar-refractivity contribution in [2.75, 3.05) is 6.54 Å². The highest BCUT2D eigenvalue weighted by Gasteiger charge is 2.37. The Morgan fingerprint density at radius 3 is 2.89 bits per heavy atom. The lowest BCUT2D eigenvalue weighted by molar-refractivity contribution is 0.280. The summed E-state index contributed by atoms with van der Waals surface area (Å²) in [5, 5.41) is 8.03. The van der Waals surface area contributed by atoms with Crippen LogP contribution in [0.4, 0.5) is 0 Å². The smallest absolute Gasteiger partial charge is 0.231 e. The fourth-order valence-corrected chi connectivity index (χ4v) is 4.20. The first-order chi connectivity index (χ1) is 8.52. The molecule has 1 aromatic rings. The van der Waals surface area contributed by atoms with Crippen LogP contribution >= 0.6 is 0 Å². The first-order valence-corrected chi connectivity index (χ1v) is 7.58. The Morgan fingerprint density at radius 1 is 1.56 bits per heavy atom. The number of nitrogens with zero attached hydrogens (tertiary/aromatic N) is 3. The van der Waals surface area contributed by atoms with Crippen LogP contribution in [0.1, 0.15) is 32.0 Å². The van der Waals surface area contributed by atoms with Crippen LogP contribution in [-0.2, 0) is 16.6 Å². The van der Waals surface area contributed by atoms with Gasteiger partial charge in [-0.3, -0.25) is 0 Å². The summed E-state index contributed by atoms with van der Waals surface area (Å²) < 4.78 is 28.3. The lowest BCUT2D eigenvalue weighted by Crippen LogP contribution is -2.44. The molecule has 0 bridgehead atoms. The van der Waals surface area contributed by atoms with E-state index in [4.69, 9.17) is 5.26 Å². The van der Waals surface area contributed by atoms with Gasteiger partial charge < -0.3 is 4.57 Å². The van der Waals surface area contributed by atoms with E-state index in [0.29, 0.717) is 19.5 Å². The summed E-state index contributed by atoms with van der Waals surface area (Å²) in [5.41, 5.74) is 0.984. The minimum atomic E-state index is -3.54. The van der Waals surface area contributed by atoms with E-state index in [1.807, 2.05) is 31.3 Å². The van der Waals surface area contributed by atoms with E-state index in [1.54, 1.807) is 6.92 Å². The van der Waals surface area contributed by atoms with Crippen molar-refractivity contribution in [1.82, 2.24) is 8.87 Å². The molecule has 1 aliphatic rings. The monoisotopic (exact) mass is 267 g/mol. The second kappa shape index (κ2) is 4.75. The number of fused-ring (bicyclic) bond motifs is 1. The molecule has 0 unspecified atom stereocenters. The summed E-state index contributed by atoms with van der Waals surface area (Å²) in [6.07, 6.45) is 2.28. The summed E-state index contributed by atoms with van der Waals surface area (Å²) >= 11 is 0. The van der Waals surface area contributed by atoms with Crippen molar-refractivity contribution in [2.24, 2.45) is 0 Å². The quantitative estimate of drug-likeness (QED) is 0.833. The Kier molecular flexibility index (Phi) is 3.46. The molecule has 5 nitrogen and oxygen atoms in total. The normalized spacial score (nSPS) is 22.2. The summed E-state index contributed by atoms with van der Waals surface area (Å²) in [6.45, 7) is 4.67. The number of aromatic nitrogens is 1. The standard InChI is InChI=1S/C12H17N3O2S/c1-3-11(9-13)18(16,17)15-8-7-14-6-4-5-12(14)10(15)2/h4-6,10-11H,3,7-8H2,1-2H3/t10-,11+/m0/s1. The zero-order valence-electron chi connectivity index (χ0n) is 10.6. The van der Waals surface area contributed by atoms with Gasteiger partial charge in [-0.2, -0.15) is 9.57 Å². The maximum atomic E-state index is 12.4. The van der Waals surface area contributed by atoms with Crippen LogP contribution in [0.5, 0.6) is 0 Å². The van der Waals surface area contributed by atoms with Crippen LogP contribution in [-0.4, -0.2) is 29.1 Å². The third-order valence-electron chi connectivity index (χ3n) is 3.49. The highest BCUT2D eigenvalue weighted by molar-refractivity contribution is 7.90. The van der Waals surface area contributed by atoms with Crippen molar-refractivity contribution in [3.63, 3.8) is 0 Å². The molecule has 1 aromatic heterocycles. The largest absolute Gasteiger partial charge is 0.349 e. The molecule has 0 aliphatic carbocycles. The lowest BCUT2D eigenvalue weighted by Gasteiger charge is -2.34. The summed E-state index contributed by atoms with van der Waals surface area (Å²) in [6, 6.07) is 5.53. The van der Waals surface area contributed by atoms with Crippen molar-refractivity contribution in [3.05, 3.63) is 24.0 Å². The topological polar surface area (TPSA) is 66.1 Å². The van der Waals surface area contributed by atoms with E-state index in [1.165, 1.54) is 4.31 Å². The molecule has 98 valence electrons. The molecular formula is C12H17N3O2S. The van der Waals surface area contributed by atoms with Gasteiger partial charge in [-0.05, 0) is 25.5 Å². The minimum Gasteiger partial charge on any atom is -0.349 e. The van der Waals surface area contributed by atoms with Crippen LogP contribution in [0.2, 0.25) is 0 Å². The fraction of sp³-hybridized carbons (Fsp3) is 0.583. The van der Waals surface area contributed by atoms with E-state index in [0.717, 1.165) is 5.69 Å². The predicted octanol–water partition coefficient (Wildman–Crippen LogP) is 1.50. The Hall–Kier alpha value is -1.32. The highest BCUT2D eigenvalue weighted by atomic mass is 32.2. The second-order valence-electron chi connectivity index (χ2n) is 4.48. The minimum absolute atomic E-state index is 0.207. The molecule has 6 heteroatoms. The van der Waals surface area contributed by atoms with Gasteiger partial charge >= 0.3 is 0 Å². The van der Waals surface area contributed by atoms with Crippen molar-refractivity contribution >= 4 is 10.0 Å². The van der Waals surface area contributed by atoms with Crippen LogP contribution in [0.25, 0.3) is 0 Å². The molecule has 0 spiro atoms. The van der Waals surface area contributed by atoms with Gasteiger partial charge in [0.1, 0.15) is 0 Å². The highest BCUT2D eigenvalue weighted by Crippen LogP contribution is 2.29. The third kappa shape index (κ3) is 1.93. The molecule has 0 amide bonds. The van der Waals surface area contributed by atoms with Crippen LogP contribution < -0.4 is 0 Å². The van der Waals surface area contributed by atoms with Gasteiger partial charge in [0.2, 0.25) is 10.0 Å². The van der Waals surface area contributed by atoms with Gasteiger partial charge in [0.15, 0.2) is 5.25 Å². The second-order valence-corrected chi connectivity index (χ2v) is 6.55. The fourth-order valence-electron chi connectivity index (χ4n) is 2.44. The molecule has 2 atom stereocenters. The first kappa shape index (κ1) is 13.1. The number of sulfonamides is 1. The van der Waals surface area contributed by atoms with Gasteiger partial charge in [-0.15, -0.1) is 0 Å². The van der Waals surface area contributed by atoms with Gasteiger partial charge in [-0.1, -0.05) is 6.92 Å². The van der Waals surface area contributed by atoms with E-state index in [9.17, 15) is 8.42 Å². The number of hydrogen-bond acceptors (Lipinski definition) is 3. The zero-order valence-corrected chi connectivity index (χ0v) is 11.4. The molecule has 2 rings (SSSR count). The Balaban J connectivity index is 2.35. The summed E-state index contributed by atoms with van der Waals surface area (Å²) in [4.78, 5) is 0. The van der Waals surface area contributed by atoms with Crippen LogP contribution in [0, 0.1) is 11.3 Å². The van der Waals surface area contributed by atoms with Gasteiger partial charge in [0.05, 0.1) is 12.1 Å². The maximum Gasteiger partial charge on any atom is 0.231 e. The molecule has 0 N–H and O–H groups in total. The third-order valence-corrected chi connectivity index (χ3v) is 5.80. The SMILES string of the molecule is CC[C@H](C#N)S(=O)(=O)N1CCn2cccc2[C@@H]1C. The maximum absolute atomic E-state index is 12.4. The number of hydrogen-bond donors (Lipinski definition) is 0. The van der Waals surface area contributed by atoms with Gasteiger partial charge in [-0.25, -0.2) is 8.42 Å². The number of nitriles is 1. The van der Waals surface area contributed by atoms with E-state index < -0.39 is 15.3 Å². The Bertz CT molecular complexity index is 570. The van der Waals surface area contributed by atoms with E-state index >= 15 is 0 Å². The molecule has 0 saturated carbocycles. The molecule has 0 radical (unpaired) electrons. The van der Waals surface area contributed by atoms with Crippen LogP contribution in [0.15, 0.2) is 18.3 Å². The first-order valence-electron chi connectivity index (χ1n) is 6.07. The molecule has 0 aromatic carbocycles. The van der Waals surface area contributed by atoms with Crippen molar-refractivity contribution in [1.29, 1.82) is 5.26 Å². The molecule has 1 aliphatic heterocycles. The van der Waals surface area contributed by atoms with Crippen molar-refractivity contribution in [2.45, 2.75) is 38.1 Å². The summed E-state index contributed by atoms with van der Waals surface area (Å²) in [7, 11) is -3.54. The predicted molar refractivity (Wildman–Crippen MR) is 68.2 cm³/mol. The summed E-state index contributed by atoms with van der Waals surface area (Å²) in [5.74, 6) is 0. The molecule has 18 heavy (non-hydrogen) atoms. The average Bonchev–Trinajstić information content (AvgIpc) is 2.79. The Labute approximate surface area is 108 Å². The number of rotatable bonds is 3. The Morgan fingerprint density at radius 2 is 2.28 bits per heavy atom. The zero-order chi connectivity index (χ0) is 13.3. The molecular weight excluding hydrogens is 250 g/mol. The molecule has 0 fully saturated rings. The average molecular weight is 267 g/mol. The van der Waals surface area contributed by atoms with Crippen molar-refractivity contribution < 1.29 is 8.42 Å². The van der Waals surface area contributed by atoms with Crippen LogP contribution in [0.3, 0.4) is 0 Å². The van der Waals surface area contributed by atoms with Gasteiger partial charge in [0, 0.05) is 25.0 Å². The lowest BCUT2D eigenvalue weighted by atomic mass is 10.2.